The third-order valence-corrected chi connectivity index (χ3v) is 3.47. The fraction of sp³-hybridized carbons (Fsp3) is 0.200. The maximum Gasteiger partial charge on any atom is 0.255 e. The number of nitrogens with two attached hydrogens (primary N) is 1. The van der Waals surface area contributed by atoms with Crippen molar-refractivity contribution in [3.63, 3.8) is 0 Å². The fourth-order valence-corrected chi connectivity index (χ4v) is 2.14. The number of likely N-dealkylation sites (N-methyl/N-ethyl adjacent to an activating group) is 1. The quantitative estimate of drug-likeness (QED) is 0.262. The van der Waals surface area contributed by atoms with Gasteiger partial charge < -0.3 is 15.8 Å². The van der Waals surface area contributed by atoms with Crippen molar-refractivity contribution in [3.05, 3.63) is 31.8 Å². The number of carbonyl (C=O) groups is 1. The SMILES string of the molecule is CN(C/C(N)=N/O)C(=O)c1cc(Br)ccc1I. The summed E-state index contributed by atoms with van der Waals surface area (Å²) in [7, 11) is 1.59. The molecular weight excluding hydrogens is 401 g/mol. The summed E-state index contributed by atoms with van der Waals surface area (Å²) in [6.45, 7) is 0.0813. The molecule has 0 aliphatic carbocycles. The van der Waals surface area contributed by atoms with Gasteiger partial charge in [0.1, 0.15) is 0 Å². The summed E-state index contributed by atoms with van der Waals surface area (Å²) >= 11 is 5.41. The van der Waals surface area contributed by atoms with Gasteiger partial charge in [-0.15, -0.1) is 0 Å². The Balaban J connectivity index is 2.92. The monoisotopic (exact) mass is 411 g/mol. The lowest BCUT2D eigenvalue weighted by Gasteiger charge is -2.17. The fourth-order valence-electron chi connectivity index (χ4n) is 1.21. The van der Waals surface area contributed by atoms with Crippen LogP contribution in [0.2, 0.25) is 0 Å². The van der Waals surface area contributed by atoms with Crippen molar-refractivity contribution in [2.24, 2.45) is 10.9 Å². The second-order valence-corrected chi connectivity index (χ2v) is 5.45. The highest BCUT2D eigenvalue weighted by Crippen LogP contribution is 2.19. The van der Waals surface area contributed by atoms with E-state index in [1.54, 1.807) is 13.1 Å². The molecule has 0 saturated heterocycles. The van der Waals surface area contributed by atoms with E-state index in [4.69, 9.17) is 10.9 Å². The normalized spacial score (nSPS) is 11.4. The molecule has 3 N–H and O–H groups in total. The van der Waals surface area contributed by atoms with Gasteiger partial charge in [-0.2, -0.15) is 0 Å². The average Bonchev–Trinajstić information content (AvgIpc) is 2.31. The third kappa shape index (κ3) is 3.84. The maximum absolute atomic E-state index is 12.1. The van der Waals surface area contributed by atoms with E-state index < -0.39 is 0 Å². The molecule has 0 atom stereocenters. The van der Waals surface area contributed by atoms with Crippen LogP contribution in [0.3, 0.4) is 0 Å². The lowest BCUT2D eigenvalue weighted by molar-refractivity contribution is 0.0812. The maximum atomic E-state index is 12.1. The van der Waals surface area contributed by atoms with E-state index in [9.17, 15) is 4.79 Å². The van der Waals surface area contributed by atoms with E-state index in [0.717, 1.165) is 8.04 Å². The number of benzene rings is 1. The zero-order valence-corrected chi connectivity index (χ0v) is 12.8. The van der Waals surface area contributed by atoms with Gasteiger partial charge in [0.05, 0.1) is 12.1 Å². The lowest BCUT2D eigenvalue weighted by atomic mass is 10.2. The highest BCUT2D eigenvalue weighted by Gasteiger charge is 2.16. The molecule has 1 amide bonds. The van der Waals surface area contributed by atoms with Gasteiger partial charge >= 0.3 is 0 Å². The first kappa shape index (κ1) is 14.2. The van der Waals surface area contributed by atoms with Crippen LogP contribution < -0.4 is 5.73 Å². The first-order valence-electron chi connectivity index (χ1n) is 4.62. The predicted molar refractivity (Wildman–Crippen MR) is 77.2 cm³/mol. The van der Waals surface area contributed by atoms with Crippen molar-refractivity contribution in [2.45, 2.75) is 0 Å². The molecule has 17 heavy (non-hydrogen) atoms. The van der Waals surface area contributed by atoms with Gasteiger partial charge in [-0.05, 0) is 40.8 Å². The molecule has 92 valence electrons. The number of amidine groups is 1. The molecule has 0 spiro atoms. The van der Waals surface area contributed by atoms with Gasteiger partial charge in [-0.1, -0.05) is 21.1 Å². The van der Waals surface area contributed by atoms with Crippen LogP contribution in [-0.4, -0.2) is 35.4 Å². The lowest BCUT2D eigenvalue weighted by Crippen LogP contribution is -2.35. The molecule has 0 heterocycles. The summed E-state index contributed by atoms with van der Waals surface area (Å²) in [5, 5.41) is 11.3. The van der Waals surface area contributed by atoms with Gasteiger partial charge in [-0.25, -0.2) is 0 Å². The molecule has 5 nitrogen and oxygen atoms in total. The molecule has 0 bridgehead atoms. The molecular formula is C10H11BrIN3O2. The zero-order chi connectivity index (χ0) is 13.0. The number of hydrogen-bond acceptors (Lipinski definition) is 3. The number of hydrogen-bond donors (Lipinski definition) is 2. The Hall–Kier alpha value is -0.830. The molecule has 1 aromatic rings. The van der Waals surface area contributed by atoms with Crippen LogP contribution in [0.25, 0.3) is 0 Å². The van der Waals surface area contributed by atoms with Crippen molar-refractivity contribution in [2.75, 3.05) is 13.6 Å². The second kappa shape index (κ2) is 6.20. The summed E-state index contributed by atoms with van der Waals surface area (Å²) in [6, 6.07) is 5.45. The highest BCUT2D eigenvalue weighted by atomic mass is 127. The highest BCUT2D eigenvalue weighted by molar-refractivity contribution is 14.1. The van der Waals surface area contributed by atoms with Crippen molar-refractivity contribution >= 4 is 50.3 Å². The van der Waals surface area contributed by atoms with E-state index in [0.29, 0.717) is 5.56 Å². The summed E-state index contributed by atoms with van der Waals surface area (Å²) in [5.74, 6) is -0.187. The first-order chi connectivity index (χ1) is 7.95. The summed E-state index contributed by atoms with van der Waals surface area (Å²) in [6.07, 6.45) is 0. The van der Waals surface area contributed by atoms with Gasteiger partial charge in [0.15, 0.2) is 5.84 Å². The van der Waals surface area contributed by atoms with Gasteiger partial charge in [0.2, 0.25) is 0 Å². The van der Waals surface area contributed by atoms with Crippen molar-refractivity contribution < 1.29 is 10.0 Å². The van der Waals surface area contributed by atoms with E-state index in [1.807, 2.05) is 12.1 Å². The molecule has 0 aliphatic rings. The molecule has 0 saturated carbocycles. The Morgan fingerprint density at radius 2 is 2.29 bits per heavy atom. The van der Waals surface area contributed by atoms with E-state index in [-0.39, 0.29) is 18.3 Å². The Morgan fingerprint density at radius 3 is 2.88 bits per heavy atom. The number of nitrogens with zero attached hydrogens (tertiary/aromatic N) is 2. The van der Waals surface area contributed by atoms with Crippen molar-refractivity contribution in [3.8, 4) is 0 Å². The topological polar surface area (TPSA) is 78.9 Å². The minimum absolute atomic E-state index is 0.00847. The zero-order valence-electron chi connectivity index (χ0n) is 9.02. The molecule has 7 heteroatoms. The van der Waals surface area contributed by atoms with Crippen LogP contribution in [0.5, 0.6) is 0 Å². The first-order valence-corrected chi connectivity index (χ1v) is 6.49. The molecule has 0 unspecified atom stereocenters. The van der Waals surface area contributed by atoms with Gasteiger partial charge in [0, 0.05) is 15.1 Å². The third-order valence-electron chi connectivity index (χ3n) is 2.03. The van der Waals surface area contributed by atoms with Crippen LogP contribution >= 0.6 is 38.5 Å². The Kier molecular flexibility index (Phi) is 5.19. The Bertz CT molecular complexity index is 465. The van der Waals surface area contributed by atoms with Gasteiger partial charge in [-0.3, -0.25) is 4.79 Å². The summed E-state index contributed by atoms with van der Waals surface area (Å²) in [5.41, 5.74) is 5.93. The summed E-state index contributed by atoms with van der Waals surface area (Å²) in [4.78, 5) is 13.5. The number of rotatable bonds is 3. The predicted octanol–water partition coefficient (Wildman–Crippen LogP) is 1.87. The number of amides is 1. The molecule has 0 fully saturated rings. The average molecular weight is 412 g/mol. The minimum atomic E-state index is -0.178. The van der Waals surface area contributed by atoms with E-state index >= 15 is 0 Å². The molecule has 0 aromatic heterocycles. The number of oxime groups is 1. The second-order valence-electron chi connectivity index (χ2n) is 3.38. The largest absolute Gasteiger partial charge is 0.409 e. The van der Waals surface area contributed by atoms with Crippen molar-refractivity contribution in [1.29, 1.82) is 0 Å². The summed E-state index contributed by atoms with van der Waals surface area (Å²) < 4.78 is 1.68. The van der Waals surface area contributed by atoms with Crippen LogP contribution in [0.1, 0.15) is 10.4 Å². The molecule has 0 aliphatic heterocycles. The van der Waals surface area contributed by atoms with E-state index in [2.05, 4.69) is 43.7 Å². The molecule has 0 radical (unpaired) electrons. The van der Waals surface area contributed by atoms with Gasteiger partial charge in [0.25, 0.3) is 5.91 Å². The smallest absolute Gasteiger partial charge is 0.255 e. The van der Waals surface area contributed by atoms with Crippen LogP contribution in [-0.2, 0) is 0 Å². The van der Waals surface area contributed by atoms with E-state index in [1.165, 1.54) is 4.90 Å². The molecule has 1 aromatic carbocycles. The number of carbonyl (C=O) groups excluding carboxylic acids is 1. The van der Waals surface area contributed by atoms with Crippen molar-refractivity contribution in [1.82, 2.24) is 4.90 Å². The minimum Gasteiger partial charge on any atom is -0.409 e. The number of halogens is 2. The Morgan fingerprint density at radius 1 is 1.65 bits per heavy atom. The standard InChI is InChI=1S/C10H11BrIN3O2/c1-15(5-9(13)14-17)10(16)7-4-6(11)2-3-8(7)12/h2-4,17H,5H2,1H3,(H2,13,14). The van der Waals surface area contributed by atoms with Crippen LogP contribution in [0, 0.1) is 3.57 Å². The molecule has 1 rings (SSSR count). The van der Waals surface area contributed by atoms with Crippen LogP contribution in [0.4, 0.5) is 0 Å². The van der Waals surface area contributed by atoms with Crippen LogP contribution in [0.15, 0.2) is 27.8 Å². The Labute approximate surface area is 121 Å².